The largest absolute Gasteiger partial charge is 0.385 e. The predicted octanol–water partition coefficient (Wildman–Crippen LogP) is 2.06. The Bertz CT molecular complexity index is 392. The van der Waals surface area contributed by atoms with Gasteiger partial charge in [-0.2, -0.15) is 0 Å². The summed E-state index contributed by atoms with van der Waals surface area (Å²) in [4.78, 5) is 2.45. The molecule has 1 saturated heterocycles. The van der Waals surface area contributed by atoms with E-state index in [9.17, 15) is 8.78 Å². The van der Waals surface area contributed by atoms with E-state index in [1.165, 1.54) is 6.07 Å². The van der Waals surface area contributed by atoms with E-state index in [2.05, 4.69) is 15.5 Å². The summed E-state index contributed by atoms with van der Waals surface area (Å²) in [6.45, 7) is 6.30. The van der Waals surface area contributed by atoms with Crippen molar-refractivity contribution in [3.63, 3.8) is 0 Å². The van der Waals surface area contributed by atoms with E-state index in [1.807, 2.05) is 0 Å². The lowest BCUT2D eigenvalue weighted by Gasteiger charge is -2.27. The average molecular weight is 269 g/mol. The van der Waals surface area contributed by atoms with Crippen LogP contribution in [0.3, 0.4) is 0 Å². The molecular formula is C14H21F2N3. The second-order valence-corrected chi connectivity index (χ2v) is 4.85. The molecule has 1 aliphatic rings. The molecular weight excluding hydrogens is 248 g/mol. The molecule has 0 amide bonds. The third kappa shape index (κ3) is 4.76. The Morgan fingerprint density at radius 2 is 1.89 bits per heavy atom. The molecule has 2 N–H and O–H groups in total. The van der Waals surface area contributed by atoms with Gasteiger partial charge < -0.3 is 15.5 Å². The van der Waals surface area contributed by atoms with E-state index in [-0.39, 0.29) is 0 Å². The number of rotatable bonds is 6. The molecule has 0 atom stereocenters. The summed E-state index contributed by atoms with van der Waals surface area (Å²) in [5.41, 5.74) is 0.640. The molecule has 1 heterocycles. The van der Waals surface area contributed by atoms with Crippen LogP contribution in [-0.2, 0) is 0 Å². The molecule has 5 heteroatoms. The summed E-state index contributed by atoms with van der Waals surface area (Å²) < 4.78 is 25.7. The van der Waals surface area contributed by atoms with Gasteiger partial charge in [0.1, 0.15) is 0 Å². The van der Waals surface area contributed by atoms with Crippen molar-refractivity contribution in [1.29, 1.82) is 0 Å². The number of unbranched alkanes of at least 4 members (excludes halogenated alkanes) is 1. The molecule has 0 aromatic heterocycles. The first kappa shape index (κ1) is 14.2. The Labute approximate surface area is 113 Å². The van der Waals surface area contributed by atoms with Gasteiger partial charge in [-0.05, 0) is 37.6 Å². The molecule has 0 unspecified atom stereocenters. The maximum Gasteiger partial charge on any atom is 0.160 e. The van der Waals surface area contributed by atoms with Crippen molar-refractivity contribution in [1.82, 2.24) is 10.2 Å². The number of piperazine rings is 1. The third-order valence-electron chi connectivity index (χ3n) is 3.36. The lowest BCUT2D eigenvalue weighted by Crippen LogP contribution is -2.43. The van der Waals surface area contributed by atoms with Crippen LogP contribution in [0, 0.1) is 11.6 Å². The molecule has 0 aliphatic carbocycles. The maximum absolute atomic E-state index is 13.0. The number of halogens is 2. The summed E-state index contributed by atoms with van der Waals surface area (Å²) in [6, 6.07) is 3.92. The van der Waals surface area contributed by atoms with Crippen molar-refractivity contribution in [2.24, 2.45) is 0 Å². The molecule has 2 rings (SSSR count). The molecule has 0 bridgehead atoms. The highest BCUT2D eigenvalue weighted by atomic mass is 19.2. The van der Waals surface area contributed by atoms with E-state index in [4.69, 9.17) is 0 Å². The highest BCUT2D eigenvalue weighted by Crippen LogP contribution is 2.13. The Morgan fingerprint density at radius 1 is 1.11 bits per heavy atom. The van der Waals surface area contributed by atoms with Gasteiger partial charge in [0, 0.05) is 38.4 Å². The molecule has 0 radical (unpaired) electrons. The van der Waals surface area contributed by atoms with Crippen molar-refractivity contribution in [2.45, 2.75) is 12.8 Å². The molecule has 0 saturated carbocycles. The molecule has 1 fully saturated rings. The fraction of sp³-hybridized carbons (Fsp3) is 0.571. The number of hydrogen-bond donors (Lipinski definition) is 2. The van der Waals surface area contributed by atoms with Crippen molar-refractivity contribution in [3.05, 3.63) is 29.8 Å². The second-order valence-electron chi connectivity index (χ2n) is 4.85. The van der Waals surface area contributed by atoms with E-state index < -0.39 is 11.6 Å². The summed E-state index contributed by atoms with van der Waals surface area (Å²) in [6.07, 6.45) is 2.15. The van der Waals surface area contributed by atoms with Gasteiger partial charge in [0.15, 0.2) is 11.6 Å². The summed E-state index contributed by atoms with van der Waals surface area (Å²) in [5.74, 6) is -1.60. The SMILES string of the molecule is Fc1ccc(NCCCCN2CCNCC2)cc1F. The molecule has 0 spiro atoms. The lowest BCUT2D eigenvalue weighted by atomic mass is 10.2. The molecule has 1 aliphatic heterocycles. The zero-order chi connectivity index (χ0) is 13.5. The van der Waals surface area contributed by atoms with Crippen molar-refractivity contribution in [2.75, 3.05) is 44.6 Å². The molecule has 1 aromatic carbocycles. The minimum absolute atomic E-state index is 0.640. The summed E-state index contributed by atoms with van der Waals surface area (Å²) in [7, 11) is 0. The first-order valence-electron chi connectivity index (χ1n) is 6.88. The normalized spacial score (nSPS) is 16.5. The Hall–Kier alpha value is -1.20. The van der Waals surface area contributed by atoms with Crippen LogP contribution in [0.1, 0.15) is 12.8 Å². The number of nitrogens with zero attached hydrogens (tertiary/aromatic N) is 1. The van der Waals surface area contributed by atoms with Crippen molar-refractivity contribution >= 4 is 5.69 Å². The minimum atomic E-state index is -0.802. The van der Waals surface area contributed by atoms with Crippen LogP contribution in [0.5, 0.6) is 0 Å². The van der Waals surface area contributed by atoms with Crippen LogP contribution in [0.4, 0.5) is 14.5 Å². The molecule has 3 nitrogen and oxygen atoms in total. The first-order valence-corrected chi connectivity index (χ1v) is 6.88. The zero-order valence-electron chi connectivity index (χ0n) is 11.1. The number of hydrogen-bond acceptors (Lipinski definition) is 3. The highest BCUT2D eigenvalue weighted by Gasteiger charge is 2.08. The minimum Gasteiger partial charge on any atom is -0.385 e. The van der Waals surface area contributed by atoms with Crippen LogP contribution in [0.15, 0.2) is 18.2 Å². The van der Waals surface area contributed by atoms with E-state index >= 15 is 0 Å². The Balaban J connectivity index is 1.59. The van der Waals surface area contributed by atoms with E-state index in [0.29, 0.717) is 5.69 Å². The second kappa shape index (κ2) is 7.40. The third-order valence-corrected chi connectivity index (χ3v) is 3.36. The lowest BCUT2D eigenvalue weighted by molar-refractivity contribution is 0.237. The number of nitrogens with one attached hydrogen (secondary N) is 2. The summed E-state index contributed by atoms with van der Waals surface area (Å²) >= 11 is 0. The van der Waals surface area contributed by atoms with Crippen molar-refractivity contribution in [3.8, 4) is 0 Å². The van der Waals surface area contributed by atoms with Crippen LogP contribution in [0.2, 0.25) is 0 Å². The molecule has 106 valence electrons. The average Bonchev–Trinajstić information content (AvgIpc) is 2.43. The van der Waals surface area contributed by atoms with Gasteiger partial charge in [-0.3, -0.25) is 0 Å². The number of benzene rings is 1. The predicted molar refractivity (Wildman–Crippen MR) is 73.4 cm³/mol. The first-order chi connectivity index (χ1) is 9.25. The molecule has 1 aromatic rings. The quantitative estimate of drug-likeness (QED) is 0.774. The van der Waals surface area contributed by atoms with Crippen LogP contribution in [-0.4, -0.2) is 44.2 Å². The number of anilines is 1. The van der Waals surface area contributed by atoms with Crippen LogP contribution < -0.4 is 10.6 Å². The highest BCUT2D eigenvalue weighted by molar-refractivity contribution is 5.43. The van der Waals surface area contributed by atoms with Crippen LogP contribution in [0.25, 0.3) is 0 Å². The smallest absolute Gasteiger partial charge is 0.160 e. The Kier molecular flexibility index (Phi) is 5.54. The zero-order valence-corrected chi connectivity index (χ0v) is 11.1. The fourth-order valence-corrected chi connectivity index (χ4v) is 2.23. The maximum atomic E-state index is 13.0. The van der Waals surface area contributed by atoms with Gasteiger partial charge in [0.2, 0.25) is 0 Å². The van der Waals surface area contributed by atoms with E-state index in [0.717, 1.165) is 58.2 Å². The van der Waals surface area contributed by atoms with Gasteiger partial charge in [-0.25, -0.2) is 8.78 Å². The van der Waals surface area contributed by atoms with Gasteiger partial charge in [-0.15, -0.1) is 0 Å². The standard InChI is InChI=1S/C14H21F2N3/c15-13-4-3-12(11-14(13)16)18-5-1-2-8-19-9-6-17-7-10-19/h3-4,11,17-18H,1-2,5-10H2. The van der Waals surface area contributed by atoms with Gasteiger partial charge >= 0.3 is 0 Å². The molecule has 19 heavy (non-hydrogen) atoms. The topological polar surface area (TPSA) is 27.3 Å². The van der Waals surface area contributed by atoms with Crippen LogP contribution >= 0.6 is 0 Å². The van der Waals surface area contributed by atoms with E-state index in [1.54, 1.807) is 6.07 Å². The van der Waals surface area contributed by atoms with Crippen molar-refractivity contribution < 1.29 is 8.78 Å². The summed E-state index contributed by atoms with van der Waals surface area (Å²) in [5, 5.41) is 6.44. The fourth-order valence-electron chi connectivity index (χ4n) is 2.23. The Morgan fingerprint density at radius 3 is 2.63 bits per heavy atom. The van der Waals surface area contributed by atoms with Gasteiger partial charge in [0.25, 0.3) is 0 Å². The monoisotopic (exact) mass is 269 g/mol. The van der Waals surface area contributed by atoms with Gasteiger partial charge in [0.05, 0.1) is 0 Å². The van der Waals surface area contributed by atoms with Gasteiger partial charge in [-0.1, -0.05) is 0 Å².